The topological polar surface area (TPSA) is 205 Å². The summed E-state index contributed by atoms with van der Waals surface area (Å²) in [4.78, 5) is 37.1. The molecular weight excluding hydrogens is 1040 g/mol. The van der Waals surface area contributed by atoms with Gasteiger partial charge in [0.1, 0.15) is 22.9 Å². The molecule has 9 aromatic carbocycles. The molecule has 416 valence electrons. The number of unbranched alkanes of at least 4 members (excludes halogenated alkanes) is 2. The van der Waals surface area contributed by atoms with Crippen LogP contribution in [0.1, 0.15) is 95.0 Å². The molecule has 9 aromatic rings. The van der Waals surface area contributed by atoms with Crippen molar-refractivity contribution in [1.82, 2.24) is 0 Å². The Kier molecular flexibility index (Phi) is 21.0. The summed E-state index contributed by atoms with van der Waals surface area (Å²) in [5.74, 6) is 0.991. The number of nitrogens with one attached hydrogen (secondary N) is 3. The summed E-state index contributed by atoms with van der Waals surface area (Å²) in [6.45, 7) is 9.20. The Hall–Kier alpha value is -9.18. The van der Waals surface area contributed by atoms with Gasteiger partial charge in [0.25, 0.3) is 10.1 Å². The van der Waals surface area contributed by atoms with Gasteiger partial charge in [-0.3, -0.25) is 18.9 Å². The lowest BCUT2D eigenvalue weighted by atomic mass is 9.82. The van der Waals surface area contributed by atoms with E-state index in [0.717, 1.165) is 72.9 Å². The van der Waals surface area contributed by atoms with Gasteiger partial charge in [0, 0.05) is 69.7 Å². The third kappa shape index (κ3) is 15.6. The lowest BCUT2D eigenvalue weighted by Gasteiger charge is -2.24. The second-order valence-corrected chi connectivity index (χ2v) is 20.5. The van der Waals surface area contributed by atoms with Gasteiger partial charge < -0.3 is 30.5 Å². The Morgan fingerprint density at radius 3 is 1.53 bits per heavy atom. The molecule has 0 aliphatic heterocycles. The molecule has 81 heavy (non-hydrogen) atoms. The van der Waals surface area contributed by atoms with E-state index < -0.39 is 10.1 Å². The molecule has 1 amide bonds. The lowest BCUT2D eigenvalue weighted by Crippen LogP contribution is -2.24. The SMILES string of the molecule is CC(=O)Nc1ccc(N=Nc2cc(C)ccc2O)cc1.CCCCNc1ccc(NCCCC)c2c1C(=O)c1ccccc1C2=O.COc1c2ccccc2c(OC)c2cc(S(=O)(=O)O)ccc12.c1ccc(Cc2ccccc2)cc1. The molecule has 0 radical (unpaired) electrons. The van der Waals surface area contributed by atoms with Gasteiger partial charge in [-0.15, -0.1) is 5.11 Å². The van der Waals surface area contributed by atoms with E-state index in [1.807, 2.05) is 55.5 Å². The number of azo groups is 1. The van der Waals surface area contributed by atoms with Gasteiger partial charge in [-0.1, -0.05) is 142 Å². The molecule has 10 rings (SSSR count). The number of fused-ring (bicyclic) bond motifs is 4. The van der Waals surface area contributed by atoms with Crippen molar-refractivity contribution in [3.63, 3.8) is 0 Å². The molecule has 5 N–H and O–H groups in total. The largest absolute Gasteiger partial charge is 0.506 e. The zero-order valence-corrected chi connectivity index (χ0v) is 47.1. The van der Waals surface area contributed by atoms with Crippen LogP contribution < -0.4 is 25.4 Å². The number of carbonyl (C=O) groups is 3. The number of rotatable bonds is 16. The van der Waals surface area contributed by atoms with Crippen molar-refractivity contribution in [3.05, 3.63) is 221 Å². The Balaban J connectivity index is 0.000000159. The summed E-state index contributed by atoms with van der Waals surface area (Å²) in [5, 5.41) is 30.0. The Labute approximate surface area is 473 Å². The molecule has 0 fully saturated rings. The number of phenols is 1. The molecule has 14 nitrogen and oxygen atoms in total. The first-order valence-corrected chi connectivity index (χ1v) is 28.1. The van der Waals surface area contributed by atoms with Crippen LogP contribution in [0.5, 0.6) is 17.2 Å². The number of ether oxygens (including phenoxy) is 2. The highest BCUT2D eigenvalue weighted by Gasteiger charge is 2.33. The predicted octanol–water partition coefficient (Wildman–Crippen LogP) is 15.5. The van der Waals surface area contributed by atoms with Gasteiger partial charge in [-0.05, 0) is 110 Å². The number of benzene rings is 9. The Bertz CT molecular complexity index is 3670. The van der Waals surface area contributed by atoms with Crippen molar-refractivity contribution in [2.45, 2.75) is 64.7 Å². The molecule has 0 aromatic heterocycles. The fourth-order valence-corrected chi connectivity index (χ4v) is 9.57. The highest BCUT2D eigenvalue weighted by molar-refractivity contribution is 7.85. The summed E-state index contributed by atoms with van der Waals surface area (Å²) in [6.07, 6.45) is 5.21. The number of hydrogen-bond donors (Lipinski definition) is 5. The normalized spacial score (nSPS) is 11.4. The van der Waals surface area contributed by atoms with Gasteiger partial charge in [0.05, 0.1) is 35.9 Å². The molecule has 1 aliphatic rings. The number of anilines is 3. The average molecular weight is 1110 g/mol. The molecule has 0 spiro atoms. The van der Waals surface area contributed by atoms with E-state index in [0.29, 0.717) is 61.6 Å². The van der Waals surface area contributed by atoms with Crippen molar-refractivity contribution < 1.29 is 41.9 Å². The minimum absolute atomic E-state index is 0.0756. The number of hydrogen-bond acceptors (Lipinski definition) is 12. The molecule has 0 saturated carbocycles. The molecular formula is C66H67N5O9S. The van der Waals surface area contributed by atoms with Crippen LogP contribution in [0.25, 0.3) is 21.5 Å². The number of amides is 1. The summed E-state index contributed by atoms with van der Waals surface area (Å²) in [7, 11) is -1.21. The summed E-state index contributed by atoms with van der Waals surface area (Å²) < 4.78 is 43.0. The Morgan fingerprint density at radius 1 is 0.568 bits per heavy atom. The maximum absolute atomic E-state index is 13.2. The number of nitrogens with zero attached hydrogens (tertiary/aromatic N) is 2. The van der Waals surface area contributed by atoms with E-state index in [2.05, 4.69) is 101 Å². The van der Waals surface area contributed by atoms with Crippen molar-refractivity contribution in [1.29, 1.82) is 0 Å². The number of phenolic OH excluding ortho intramolecular Hbond substituents is 1. The first-order chi connectivity index (χ1) is 39.1. The molecule has 0 unspecified atom stereocenters. The Morgan fingerprint density at radius 2 is 1.05 bits per heavy atom. The molecule has 0 saturated heterocycles. The number of aryl methyl sites for hydroxylation is 1. The van der Waals surface area contributed by atoms with E-state index in [9.17, 15) is 32.5 Å². The summed E-state index contributed by atoms with van der Waals surface area (Å²) >= 11 is 0. The first-order valence-electron chi connectivity index (χ1n) is 26.7. The molecule has 0 heterocycles. The average Bonchev–Trinajstić information content (AvgIpc) is 3.65. The maximum Gasteiger partial charge on any atom is 0.294 e. The number of methoxy groups -OCH3 is 2. The number of aromatic hydroxyl groups is 1. The van der Waals surface area contributed by atoms with Crippen LogP contribution in [0.2, 0.25) is 0 Å². The first kappa shape index (κ1) is 59.5. The van der Waals surface area contributed by atoms with E-state index in [4.69, 9.17) is 9.47 Å². The van der Waals surface area contributed by atoms with Crippen molar-refractivity contribution >= 4 is 77.6 Å². The van der Waals surface area contributed by atoms with Gasteiger partial charge in [0.15, 0.2) is 11.6 Å². The van der Waals surface area contributed by atoms with Crippen molar-refractivity contribution in [2.75, 3.05) is 43.3 Å². The van der Waals surface area contributed by atoms with Crippen LogP contribution in [0, 0.1) is 6.92 Å². The minimum atomic E-state index is -4.29. The number of ketones is 2. The zero-order valence-electron chi connectivity index (χ0n) is 46.3. The fourth-order valence-electron chi connectivity index (χ4n) is 9.06. The van der Waals surface area contributed by atoms with Crippen molar-refractivity contribution in [2.24, 2.45) is 10.2 Å². The lowest BCUT2D eigenvalue weighted by molar-refractivity contribution is -0.114. The van der Waals surface area contributed by atoms with E-state index >= 15 is 0 Å². The van der Waals surface area contributed by atoms with Crippen LogP contribution in [0.3, 0.4) is 0 Å². The van der Waals surface area contributed by atoms with E-state index in [1.54, 1.807) is 67.8 Å². The second kappa shape index (κ2) is 28.6. The van der Waals surface area contributed by atoms with Crippen LogP contribution in [0.15, 0.2) is 197 Å². The minimum Gasteiger partial charge on any atom is -0.506 e. The molecule has 1 aliphatic carbocycles. The van der Waals surface area contributed by atoms with Crippen LogP contribution in [-0.2, 0) is 21.3 Å². The van der Waals surface area contributed by atoms with Crippen molar-refractivity contribution in [3.8, 4) is 17.2 Å². The van der Waals surface area contributed by atoms with E-state index in [1.165, 1.54) is 37.3 Å². The van der Waals surface area contributed by atoms with E-state index in [-0.39, 0.29) is 28.1 Å². The quantitative estimate of drug-likeness (QED) is 0.0266. The van der Waals surface area contributed by atoms with Gasteiger partial charge in [0.2, 0.25) is 5.91 Å². The third-order valence-electron chi connectivity index (χ3n) is 13.1. The summed E-state index contributed by atoms with van der Waals surface area (Å²) in [6, 6.07) is 56.0. The van der Waals surface area contributed by atoms with Crippen LogP contribution >= 0.6 is 0 Å². The molecule has 0 bridgehead atoms. The molecule has 0 atom stereocenters. The van der Waals surface area contributed by atoms with Gasteiger partial charge in [-0.2, -0.15) is 13.5 Å². The van der Waals surface area contributed by atoms with Gasteiger partial charge in [-0.25, -0.2) is 0 Å². The maximum atomic E-state index is 13.2. The molecule has 15 heteroatoms. The smallest absolute Gasteiger partial charge is 0.294 e. The highest BCUT2D eigenvalue weighted by Crippen LogP contribution is 2.43. The number of carbonyl (C=O) groups excluding carboxylic acids is 3. The second-order valence-electron chi connectivity index (χ2n) is 19.0. The standard InChI is InChI=1S/C22H26N2O2.C16H14O5S.C15H15N3O2.C13H12/c1-3-5-13-23-17-11-12-18(24-14-6-4-2)20-19(17)21(25)15-9-7-8-10-16(15)22(20)26;1-20-15-11-5-3-4-6-12(11)16(21-2)14-9-10(22(17,18)19)7-8-13(14)15;1-10-3-8-15(20)14(9-10)18-17-13-6-4-12(5-7-13)16-11(2)19;1-3-7-12(8-4-1)11-13-9-5-2-6-10-13/h7-12,23-24H,3-6,13-14H2,1-2H3;3-9H,1-2H3,(H,17,18,19);3-9,20H,1-2H3,(H,16,19);1-10H,11H2. The van der Waals surface area contributed by atoms with Crippen LogP contribution in [0.4, 0.5) is 28.4 Å². The van der Waals surface area contributed by atoms with Crippen LogP contribution in [-0.4, -0.2) is 62.9 Å². The van der Waals surface area contributed by atoms with Gasteiger partial charge >= 0.3 is 0 Å². The monoisotopic (exact) mass is 1110 g/mol. The summed E-state index contributed by atoms with van der Waals surface area (Å²) in [5.41, 5.74) is 9.01. The third-order valence-corrected chi connectivity index (χ3v) is 13.9. The fraction of sp³-hybridized carbons (Fsp3) is 0.197. The highest BCUT2D eigenvalue weighted by atomic mass is 32.2. The zero-order chi connectivity index (χ0) is 57.9. The predicted molar refractivity (Wildman–Crippen MR) is 324 cm³/mol.